The molecule has 0 aliphatic heterocycles. The number of pyridine rings is 1. The summed E-state index contributed by atoms with van der Waals surface area (Å²) in [5, 5.41) is 8.93. The van der Waals surface area contributed by atoms with Gasteiger partial charge in [0.25, 0.3) is 5.91 Å². The lowest BCUT2D eigenvalue weighted by Gasteiger charge is -2.11. The van der Waals surface area contributed by atoms with Gasteiger partial charge in [-0.25, -0.2) is 4.98 Å². The first kappa shape index (κ1) is 20.6. The zero-order valence-electron chi connectivity index (χ0n) is 17.3. The number of hydrogen-bond donors (Lipinski definition) is 2. The molecule has 1 amide bonds. The summed E-state index contributed by atoms with van der Waals surface area (Å²) in [5.41, 5.74) is 5.52. The highest BCUT2D eigenvalue weighted by atomic mass is 32.1. The first-order chi connectivity index (χ1) is 15.1. The molecule has 0 aliphatic rings. The number of aryl methyl sites for hydroxylation is 2. The Morgan fingerprint density at radius 3 is 2.68 bits per heavy atom. The summed E-state index contributed by atoms with van der Waals surface area (Å²) in [5.74, 6) is 0.506. The van der Waals surface area contributed by atoms with E-state index in [4.69, 9.17) is 4.74 Å². The van der Waals surface area contributed by atoms with Crippen molar-refractivity contribution in [1.82, 2.24) is 9.97 Å². The molecule has 0 spiro atoms. The molecule has 0 saturated heterocycles. The van der Waals surface area contributed by atoms with Gasteiger partial charge in [0.1, 0.15) is 5.75 Å². The first-order valence-electron chi connectivity index (χ1n) is 9.80. The summed E-state index contributed by atoms with van der Waals surface area (Å²) in [7, 11) is 0. The maximum atomic E-state index is 12.3. The van der Waals surface area contributed by atoms with Gasteiger partial charge in [-0.2, -0.15) is 0 Å². The van der Waals surface area contributed by atoms with E-state index in [-0.39, 0.29) is 12.5 Å². The molecular weight excluding hydrogens is 408 g/mol. The van der Waals surface area contributed by atoms with Gasteiger partial charge in [0.05, 0.1) is 5.69 Å². The number of hydrogen-bond acceptors (Lipinski definition) is 6. The monoisotopic (exact) mass is 430 g/mol. The van der Waals surface area contributed by atoms with Crippen molar-refractivity contribution in [2.45, 2.75) is 13.8 Å². The molecule has 0 radical (unpaired) electrons. The van der Waals surface area contributed by atoms with Crippen LogP contribution in [0.15, 0.2) is 72.4 Å². The molecule has 2 heterocycles. The number of nitrogens with zero attached hydrogens (tertiary/aromatic N) is 2. The maximum Gasteiger partial charge on any atom is 0.262 e. The van der Waals surface area contributed by atoms with Crippen molar-refractivity contribution < 1.29 is 9.53 Å². The number of carbonyl (C=O) groups excluding carboxylic acids is 1. The second kappa shape index (κ2) is 9.40. The molecule has 4 rings (SSSR count). The lowest BCUT2D eigenvalue weighted by atomic mass is 10.1. The van der Waals surface area contributed by atoms with Gasteiger partial charge in [0.15, 0.2) is 11.7 Å². The third-order valence-electron chi connectivity index (χ3n) is 4.58. The molecule has 0 bridgehead atoms. The minimum atomic E-state index is -0.215. The molecule has 6 nitrogen and oxygen atoms in total. The van der Waals surface area contributed by atoms with Gasteiger partial charge >= 0.3 is 0 Å². The molecule has 0 fully saturated rings. The molecule has 2 aromatic heterocycles. The largest absolute Gasteiger partial charge is 0.483 e. The number of benzene rings is 2. The predicted octanol–water partition coefficient (Wildman–Crippen LogP) is 5.58. The number of rotatable bonds is 7. The fourth-order valence-electron chi connectivity index (χ4n) is 2.99. The standard InChI is InChI=1S/C24H22N4O2S/c1-16-6-7-17(2)22(12-16)30-14-23(29)26-19-4-3-5-20(13-19)27-24-28-21(15-31-24)18-8-10-25-11-9-18/h3-13,15H,14H2,1-2H3,(H,26,29)(H,27,28). The average Bonchev–Trinajstić information content (AvgIpc) is 3.24. The van der Waals surface area contributed by atoms with Crippen LogP contribution < -0.4 is 15.4 Å². The second-order valence-corrected chi connectivity index (χ2v) is 7.94. The molecule has 2 N–H and O–H groups in total. The zero-order chi connectivity index (χ0) is 21.6. The topological polar surface area (TPSA) is 76.1 Å². The summed E-state index contributed by atoms with van der Waals surface area (Å²) < 4.78 is 5.68. The van der Waals surface area contributed by atoms with Gasteiger partial charge in [0.2, 0.25) is 0 Å². The van der Waals surface area contributed by atoms with Crippen molar-refractivity contribution in [1.29, 1.82) is 0 Å². The average molecular weight is 431 g/mol. The van der Waals surface area contributed by atoms with E-state index in [9.17, 15) is 4.79 Å². The van der Waals surface area contributed by atoms with Crippen LogP contribution in [0.5, 0.6) is 5.75 Å². The van der Waals surface area contributed by atoms with Crippen molar-refractivity contribution in [3.8, 4) is 17.0 Å². The van der Waals surface area contributed by atoms with Crippen LogP contribution >= 0.6 is 11.3 Å². The van der Waals surface area contributed by atoms with Crippen LogP contribution in [-0.2, 0) is 4.79 Å². The molecule has 0 atom stereocenters. The number of nitrogens with one attached hydrogen (secondary N) is 2. The fourth-order valence-corrected chi connectivity index (χ4v) is 3.73. The Morgan fingerprint density at radius 2 is 1.84 bits per heavy atom. The van der Waals surface area contributed by atoms with Crippen molar-refractivity contribution in [3.63, 3.8) is 0 Å². The third kappa shape index (κ3) is 5.46. The SMILES string of the molecule is Cc1ccc(C)c(OCC(=O)Nc2cccc(Nc3nc(-c4ccncc4)cs3)c2)c1. The van der Waals surface area contributed by atoms with Gasteiger partial charge in [-0.15, -0.1) is 11.3 Å². The highest BCUT2D eigenvalue weighted by Crippen LogP contribution is 2.27. The Hall–Kier alpha value is -3.71. The third-order valence-corrected chi connectivity index (χ3v) is 5.34. The molecular formula is C24H22N4O2S. The normalized spacial score (nSPS) is 10.5. The molecule has 31 heavy (non-hydrogen) atoms. The van der Waals surface area contributed by atoms with E-state index in [1.54, 1.807) is 12.4 Å². The molecule has 7 heteroatoms. The quantitative estimate of drug-likeness (QED) is 0.400. The minimum absolute atomic E-state index is 0.0519. The lowest BCUT2D eigenvalue weighted by molar-refractivity contribution is -0.118. The zero-order valence-corrected chi connectivity index (χ0v) is 18.1. The molecule has 0 aliphatic carbocycles. The molecule has 0 saturated carbocycles. The number of aromatic nitrogens is 2. The summed E-state index contributed by atoms with van der Waals surface area (Å²) in [6.07, 6.45) is 3.50. The van der Waals surface area contributed by atoms with E-state index in [1.165, 1.54) is 11.3 Å². The first-order valence-corrected chi connectivity index (χ1v) is 10.7. The number of carbonyl (C=O) groups is 1. The molecule has 0 unspecified atom stereocenters. The lowest BCUT2D eigenvalue weighted by Crippen LogP contribution is -2.20. The molecule has 2 aromatic carbocycles. The predicted molar refractivity (Wildman–Crippen MR) is 125 cm³/mol. The van der Waals surface area contributed by atoms with Gasteiger partial charge in [-0.05, 0) is 61.4 Å². The van der Waals surface area contributed by atoms with Gasteiger partial charge in [0, 0.05) is 34.7 Å². The van der Waals surface area contributed by atoms with Gasteiger partial charge in [-0.3, -0.25) is 9.78 Å². The van der Waals surface area contributed by atoms with Crippen molar-refractivity contribution >= 4 is 33.8 Å². The summed E-state index contributed by atoms with van der Waals surface area (Å²) in [6.45, 7) is 3.90. The van der Waals surface area contributed by atoms with Crippen LogP contribution in [0.4, 0.5) is 16.5 Å². The van der Waals surface area contributed by atoms with E-state index in [1.807, 2.05) is 73.8 Å². The Bertz CT molecular complexity index is 1190. The summed E-state index contributed by atoms with van der Waals surface area (Å²) in [4.78, 5) is 21.0. The Morgan fingerprint density at radius 1 is 1.03 bits per heavy atom. The van der Waals surface area contributed by atoms with Crippen LogP contribution in [-0.4, -0.2) is 22.5 Å². The smallest absolute Gasteiger partial charge is 0.262 e. The number of amides is 1. The maximum absolute atomic E-state index is 12.3. The van der Waals surface area contributed by atoms with Crippen molar-refractivity contribution in [3.05, 3.63) is 83.5 Å². The van der Waals surface area contributed by atoms with E-state index < -0.39 is 0 Å². The van der Waals surface area contributed by atoms with E-state index in [2.05, 4.69) is 20.6 Å². The second-order valence-electron chi connectivity index (χ2n) is 7.09. The van der Waals surface area contributed by atoms with Crippen LogP contribution in [0, 0.1) is 13.8 Å². The van der Waals surface area contributed by atoms with Crippen molar-refractivity contribution in [2.75, 3.05) is 17.2 Å². The highest BCUT2D eigenvalue weighted by molar-refractivity contribution is 7.14. The van der Waals surface area contributed by atoms with Crippen LogP contribution in [0.25, 0.3) is 11.3 Å². The Kier molecular flexibility index (Phi) is 6.24. The highest BCUT2D eigenvalue weighted by Gasteiger charge is 2.08. The van der Waals surface area contributed by atoms with Crippen molar-refractivity contribution in [2.24, 2.45) is 0 Å². The molecule has 156 valence electrons. The van der Waals surface area contributed by atoms with Gasteiger partial charge < -0.3 is 15.4 Å². The van der Waals surface area contributed by atoms with Crippen LogP contribution in [0.3, 0.4) is 0 Å². The molecule has 4 aromatic rings. The Labute approximate surface area is 185 Å². The summed E-state index contributed by atoms with van der Waals surface area (Å²) >= 11 is 1.52. The number of ether oxygens (including phenoxy) is 1. The van der Waals surface area contributed by atoms with E-state index in [0.29, 0.717) is 5.69 Å². The minimum Gasteiger partial charge on any atom is -0.483 e. The number of thiazole rings is 1. The van der Waals surface area contributed by atoms with E-state index >= 15 is 0 Å². The van der Waals surface area contributed by atoms with Crippen LogP contribution in [0.2, 0.25) is 0 Å². The number of anilines is 3. The fraction of sp³-hybridized carbons (Fsp3) is 0.125. The summed E-state index contributed by atoms with van der Waals surface area (Å²) in [6, 6.07) is 17.3. The van der Waals surface area contributed by atoms with Crippen LogP contribution in [0.1, 0.15) is 11.1 Å². The Balaban J connectivity index is 1.36. The van der Waals surface area contributed by atoms with E-state index in [0.717, 1.165) is 39.0 Å². The van der Waals surface area contributed by atoms with Gasteiger partial charge in [-0.1, -0.05) is 18.2 Å².